The zero-order valence-corrected chi connectivity index (χ0v) is 10.2. The normalized spacial score (nSPS) is 10.5. The molecule has 0 aliphatic heterocycles. The van der Waals surface area contributed by atoms with Gasteiger partial charge in [0.15, 0.2) is 0 Å². The lowest BCUT2D eigenvalue weighted by atomic mass is 10.1. The van der Waals surface area contributed by atoms with Gasteiger partial charge in [0.05, 0.1) is 0 Å². The molecule has 6 heteroatoms. The van der Waals surface area contributed by atoms with Crippen molar-refractivity contribution in [1.29, 1.82) is 0 Å². The summed E-state index contributed by atoms with van der Waals surface area (Å²) in [5.74, 6) is -0.320. The number of nitrogens with one attached hydrogen (secondary N) is 1. The first kappa shape index (κ1) is 12.3. The Bertz CT molecular complexity index is 692. The van der Waals surface area contributed by atoms with Crippen molar-refractivity contribution in [3.63, 3.8) is 0 Å². The van der Waals surface area contributed by atoms with Gasteiger partial charge < -0.3 is 4.74 Å². The first-order valence-corrected chi connectivity index (χ1v) is 5.81. The molecule has 0 radical (unpaired) electrons. The van der Waals surface area contributed by atoms with Crippen LogP contribution in [0.3, 0.4) is 0 Å². The minimum absolute atomic E-state index is 0.342. The molecule has 1 heterocycles. The molecule has 0 spiro atoms. The SMILES string of the molecule is Fc1cc(F)cc(-c2ccc(Oc3cn[nH]n3)cc2)c1. The molecular weight excluding hydrogens is 264 g/mol. The van der Waals surface area contributed by atoms with Crippen LogP contribution in [0.5, 0.6) is 11.6 Å². The van der Waals surface area contributed by atoms with Crippen LogP contribution in [0, 0.1) is 11.6 Å². The van der Waals surface area contributed by atoms with Crippen molar-refractivity contribution in [2.45, 2.75) is 0 Å². The highest BCUT2D eigenvalue weighted by Gasteiger charge is 2.04. The summed E-state index contributed by atoms with van der Waals surface area (Å²) in [7, 11) is 0. The fourth-order valence-electron chi connectivity index (χ4n) is 1.80. The van der Waals surface area contributed by atoms with Crippen LogP contribution in [-0.2, 0) is 0 Å². The monoisotopic (exact) mass is 273 g/mol. The largest absolute Gasteiger partial charge is 0.436 e. The average molecular weight is 273 g/mol. The lowest BCUT2D eigenvalue weighted by Crippen LogP contribution is -1.86. The maximum absolute atomic E-state index is 13.2. The zero-order chi connectivity index (χ0) is 13.9. The van der Waals surface area contributed by atoms with E-state index in [1.165, 1.54) is 18.3 Å². The molecule has 0 aliphatic carbocycles. The van der Waals surface area contributed by atoms with E-state index in [2.05, 4.69) is 15.4 Å². The number of aromatic nitrogens is 3. The average Bonchev–Trinajstić information content (AvgIpc) is 2.91. The predicted octanol–water partition coefficient (Wildman–Crippen LogP) is 3.54. The van der Waals surface area contributed by atoms with Crippen LogP contribution in [0.2, 0.25) is 0 Å². The lowest BCUT2D eigenvalue weighted by Gasteiger charge is -2.05. The maximum atomic E-state index is 13.2. The molecule has 0 saturated heterocycles. The lowest BCUT2D eigenvalue weighted by molar-refractivity contribution is 0.461. The first-order chi connectivity index (χ1) is 9.70. The number of hydrogen-bond acceptors (Lipinski definition) is 3. The van der Waals surface area contributed by atoms with Crippen LogP contribution in [0.15, 0.2) is 48.7 Å². The van der Waals surface area contributed by atoms with Crippen molar-refractivity contribution in [3.8, 4) is 22.8 Å². The molecule has 20 heavy (non-hydrogen) atoms. The molecule has 0 bridgehead atoms. The second kappa shape index (κ2) is 5.08. The smallest absolute Gasteiger partial charge is 0.258 e. The van der Waals surface area contributed by atoms with Crippen LogP contribution in [-0.4, -0.2) is 15.4 Å². The Balaban J connectivity index is 1.85. The minimum atomic E-state index is -0.608. The highest BCUT2D eigenvalue weighted by molar-refractivity contribution is 5.64. The molecule has 0 amide bonds. The Morgan fingerprint density at radius 1 is 0.900 bits per heavy atom. The molecule has 0 fully saturated rings. The van der Waals surface area contributed by atoms with Crippen molar-refractivity contribution in [1.82, 2.24) is 15.4 Å². The summed E-state index contributed by atoms with van der Waals surface area (Å²) in [6.07, 6.45) is 1.44. The summed E-state index contributed by atoms with van der Waals surface area (Å²) < 4.78 is 31.7. The summed E-state index contributed by atoms with van der Waals surface area (Å²) in [5.41, 5.74) is 1.16. The van der Waals surface area contributed by atoms with Gasteiger partial charge in [0.1, 0.15) is 23.6 Å². The molecule has 2 aromatic carbocycles. The van der Waals surface area contributed by atoms with Gasteiger partial charge in [0.25, 0.3) is 5.88 Å². The Labute approximate surface area is 113 Å². The summed E-state index contributed by atoms with van der Waals surface area (Å²) in [6.45, 7) is 0. The molecule has 4 nitrogen and oxygen atoms in total. The van der Waals surface area contributed by atoms with Gasteiger partial charge in [-0.05, 0) is 35.4 Å². The summed E-state index contributed by atoms with van der Waals surface area (Å²) >= 11 is 0. The molecular formula is C14H9F2N3O. The van der Waals surface area contributed by atoms with Gasteiger partial charge in [0.2, 0.25) is 0 Å². The number of rotatable bonds is 3. The quantitative estimate of drug-likeness (QED) is 0.794. The van der Waals surface area contributed by atoms with E-state index in [4.69, 9.17) is 4.74 Å². The minimum Gasteiger partial charge on any atom is -0.436 e. The van der Waals surface area contributed by atoms with E-state index in [9.17, 15) is 8.78 Å². The molecule has 3 aromatic rings. The molecule has 1 N–H and O–H groups in total. The molecule has 0 atom stereocenters. The van der Waals surface area contributed by atoms with Gasteiger partial charge in [-0.25, -0.2) is 8.78 Å². The topological polar surface area (TPSA) is 50.8 Å². The van der Waals surface area contributed by atoms with Crippen LogP contribution in [0.25, 0.3) is 11.1 Å². The summed E-state index contributed by atoms with van der Waals surface area (Å²) in [5, 5.41) is 9.81. The van der Waals surface area contributed by atoms with Gasteiger partial charge in [-0.3, -0.25) is 0 Å². The summed E-state index contributed by atoms with van der Waals surface area (Å²) in [6, 6.07) is 10.2. The molecule has 100 valence electrons. The van der Waals surface area contributed by atoms with Crippen molar-refractivity contribution in [2.24, 2.45) is 0 Å². The van der Waals surface area contributed by atoms with E-state index in [1.807, 2.05) is 0 Å². The van der Waals surface area contributed by atoms with Crippen molar-refractivity contribution >= 4 is 0 Å². The van der Waals surface area contributed by atoms with Crippen molar-refractivity contribution in [3.05, 3.63) is 60.3 Å². The molecule has 0 saturated carbocycles. The Hall–Kier alpha value is -2.76. The fourth-order valence-corrected chi connectivity index (χ4v) is 1.80. The van der Waals surface area contributed by atoms with E-state index in [0.717, 1.165) is 6.07 Å². The Kier molecular flexibility index (Phi) is 3.12. The van der Waals surface area contributed by atoms with E-state index in [-0.39, 0.29) is 0 Å². The number of aromatic amines is 1. The predicted molar refractivity (Wildman–Crippen MR) is 68.3 cm³/mol. The number of nitrogens with zero attached hydrogens (tertiary/aromatic N) is 2. The number of benzene rings is 2. The standard InChI is InChI=1S/C14H9F2N3O/c15-11-5-10(6-12(16)7-11)9-1-3-13(4-2-9)20-14-8-17-19-18-14/h1-8H,(H,17,18,19). The number of hydrogen-bond donors (Lipinski definition) is 1. The van der Waals surface area contributed by atoms with Crippen molar-refractivity contribution in [2.75, 3.05) is 0 Å². The van der Waals surface area contributed by atoms with Gasteiger partial charge in [-0.1, -0.05) is 12.1 Å². The van der Waals surface area contributed by atoms with Gasteiger partial charge in [-0.15, -0.1) is 5.10 Å². The van der Waals surface area contributed by atoms with Crippen molar-refractivity contribution < 1.29 is 13.5 Å². The first-order valence-electron chi connectivity index (χ1n) is 5.81. The highest BCUT2D eigenvalue weighted by atomic mass is 19.1. The zero-order valence-electron chi connectivity index (χ0n) is 10.2. The number of ether oxygens (including phenoxy) is 1. The fraction of sp³-hybridized carbons (Fsp3) is 0. The van der Waals surface area contributed by atoms with E-state index in [0.29, 0.717) is 22.8 Å². The molecule has 0 unspecified atom stereocenters. The second-order valence-electron chi connectivity index (χ2n) is 4.09. The van der Waals surface area contributed by atoms with Crippen LogP contribution in [0.4, 0.5) is 8.78 Å². The number of H-pyrrole nitrogens is 1. The molecule has 1 aromatic heterocycles. The summed E-state index contributed by atoms with van der Waals surface area (Å²) in [4.78, 5) is 0. The van der Waals surface area contributed by atoms with Gasteiger partial charge >= 0.3 is 0 Å². The number of halogens is 2. The molecule has 0 aliphatic rings. The third-order valence-corrected chi connectivity index (χ3v) is 2.67. The highest BCUT2D eigenvalue weighted by Crippen LogP contribution is 2.25. The van der Waals surface area contributed by atoms with E-state index >= 15 is 0 Å². The third-order valence-electron chi connectivity index (χ3n) is 2.67. The van der Waals surface area contributed by atoms with E-state index in [1.54, 1.807) is 24.3 Å². The molecule has 3 rings (SSSR count). The van der Waals surface area contributed by atoms with Gasteiger partial charge in [-0.2, -0.15) is 10.3 Å². The Morgan fingerprint density at radius 2 is 1.60 bits per heavy atom. The third kappa shape index (κ3) is 2.64. The second-order valence-corrected chi connectivity index (χ2v) is 4.09. The van der Waals surface area contributed by atoms with E-state index < -0.39 is 11.6 Å². The van der Waals surface area contributed by atoms with Crippen LogP contribution >= 0.6 is 0 Å². The van der Waals surface area contributed by atoms with Crippen LogP contribution < -0.4 is 4.74 Å². The van der Waals surface area contributed by atoms with Crippen LogP contribution in [0.1, 0.15) is 0 Å². The maximum Gasteiger partial charge on any atom is 0.258 e. The Morgan fingerprint density at radius 3 is 2.20 bits per heavy atom. The van der Waals surface area contributed by atoms with Gasteiger partial charge in [0, 0.05) is 6.07 Å².